The van der Waals surface area contributed by atoms with Crippen molar-refractivity contribution in [3.05, 3.63) is 29.3 Å². The number of carbonyl (C=O) groups excluding carboxylic acids is 1. The molecule has 5 atom stereocenters. The summed E-state index contributed by atoms with van der Waals surface area (Å²) in [5.74, 6) is -0.125. The smallest absolute Gasteiger partial charge is 0.223 e. The molecule has 4 N–H and O–H groups in total. The quantitative estimate of drug-likeness (QED) is 0.601. The number of hydrogen-bond donors (Lipinski definition) is 4. The first kappa shape index (κ1) is 17.0. The average molecular weight is 332 g/mol. The Kier molecular flexibility index (Phi) is 5.60. The summed E-state index contributed by atoms with van der Waals surface area (Å²) in [7, 11) is 0. The van der Waals surface area contributed by atoms with Crippen molar-refractivity contribution >= 4 is 17.5 Å². The third-order valence-corrected chi connectivity index (χ3v) is 3.64. The Morgan fingerprint density at radius 2 is 2.05 bits per heavy atom. The van der Waals surface area contributed by atoms with Gasteiger partial charge in [0.25, 0.3) is 0 Å². The SMILES string of the molecule is CC(=O)N[C@@H]1[C@@H](Oc2ccccc2Cl)O[C@H](CO)[C@H](O)[C@H]1O. The summed E-state index contributed by atoms with van der Waals surface area (Å²) in [6.07, 6.45) is -4.86. The molecule has 0 radical (unpaired) electrons. The predicted octanol–water partition coefficient (Wildman–Crippen LogP) is -0.338. The molecule has 1 aromatic carbocycles. The summed E-state index contributed by atoms with van der Waals surface area (Å²) in [5, 5.41) is 32.0. The molecule has 0 unspecified atom stereocenters. The molecule has 1 heterocycles. The van der Waals surface area contributed by atoms with Crippen LogP contribution in [0.2, 0.25) is 5.02 Å². The molecule has 22 heavy (non-hydrogen) atoms. The van der Waals surface area contributed by atoms with Crippen molar-refractivity contribution in [2.75, 3.05) is 6.61 Å². The molecule has 0 aromatic heterocycles. The normalized spacial score (nSPS) is 31.6. The number of para-hydroxylation sites is 1. The van der Waals surface area contributed by atoms with E-state index in [0.29, 0.717) is 10.8 Å². The molecule has 1 amide bonds. The highest BCUT2D eigenvalue weighted by Gasteiger charge is 2.46. The average Bonchev–Trinajstić information content (AvgIpc) is 2.48. The van der Waals surface area contributed by atoms with Gasteiger partial charge in [0.2, 0.25) is 12.2 Å². The van der Waals surface area contributed by atoms with E-state index < -0.39 is 43.2 Å². The van der Waals surface area contributed by atoms with E-state index in [0.717, 1.165) is 0 Å². The van der Waals surface area contributed by atoms with Gasteiger partial charge in [0.05, 0.1) is 11.6 Å². The fourth-order valence-corrected chi connectivity index (χ4v) is 2.42. The molecule has 1 aromatic rings. The highest BCUT2D eigenvalue weighted by atomic mass is 35.5. The zero-order valence-corrected chi connectivity index (χ0v) is 12.6. The second kappa shape index (κ2) is 7.26. The number of ether oxygens (including phenoxy) is 2. The van der Waals surface area contributed by atoms with Crippen LogP contribution in [0.25, 0.3) is 0 Å². The molecular weight excluding hydrogens is 314 g/mol. The molecular formula is C14H18ClNO6. The molecule has 8 heteroatoms. The Morgan fingerprint density at radius 3 is 2.64 bits per heavy atom. The zero-order chi connectivity index (χ0) is 16.3. The largest absolute Gasteiger partial charge is 0.461 e. The molecule has 2 rings (SSSR count). The van der Waals surface area contributed by atoms with Crippen molar-refractivity contribution in [3.8, 4) is 5.75 Å². The lowest BCUT2D eigenvalue weighted by molar-refractivity contribution is -0.244. The van der Waals surface area contributed by atoms with Crippen LogP contribution in [0.1, 0.15) is 6.92 Å². The van der Waals surface area contributed by atoms with Crippen LogP contribution in [0.15, 0.2) is 24.3 Å². The minimum absolute atomic E-state index is 0.296. The number of aliphatic hydroxyl groups excluding tert-OH is 3. The van der Waals surface area contributed by atoms with Crippen LogP contribution in [-0.2, 0) is 9.53 Å². The lowest BCUT2D eigenvalue weighted by Crippen LogP contribution is -2.65. The molecule has 7 nitrogen and oxygen atoms in total. The maximum Gasteiger partial charge on any atom is 0.223 e. The van der Waals surface area contributed by atoms with Gasteiger partial charge in [0, 0.05) is 6.92 Å². The molecule has 0 bridgehead atoms. The second-order valence-corrected chi connectivity index (χ2v) is 5.39. The van der Waals surface area contributed by atoms with Gasteiger partial charge in [0.1, 0.15) is 30.1 Å². The number of halogens is 1. The third-order valence-electron chi connectivity index (χ3n) is 3.33. The summed E-state index contributed by atoms with van der Waals surface area (Å²) in [6.45, 7) is 0.761. The Morgan fingerprint density at radius 1 is 1.36 bits per heavy atom. The van der Waals surface area contributed by atoms with E-state index in [2.05, 4.69) is 5.32 Å². The molecule has 122 valence electrons. The number of nitrogens with one attached hydrogen (secondary N) is 1. The lowest BCUT2D eigenvalue weighted by Gasteiger charge is -2.42. The first-order valence-corrected chi connectivity index (χ1v) is 7.12. The first-order valence-electron chi connectivity index (χ1n) is 6.74. The Labute approximate surface area is 132 Å². The molecule has 1 saturated heterocycles. The van der Waals surface area contributed by atoms with Crippen LogP contribution >= 0.6 is 11.6 Å². The number of aliphatic hydroxyl groups is 3. The molecule has 0 aliphatic carbocycles. The summed E-state index contributed by atoms with van der Waals surface area (Å²) in [4.78, 5) is 11.3. The van der Waals surface area contributed by atoms with Crippen LogP contribution < -0.4 is 10.1 Å². The minimum Gasteiger partial charge on any atom is -0.461 e. The summed E-state index contributed by atoms with van der Waals surface area (Å²) in [6, 6.07) is 5.62. The molecule has 1 fully saturated rings. The Hall–Kier alpha value is -1.38. The van der Waals surface area contributed by atoms with E-state index in [1.807, 2.05) is 0 Å². The topological polar surface area (TPSA) is 108 Å². The minimum atomic E-state index is -1.36. The van der Waals surface area contributed by atoms with Crippen molar-refractivity contribution in [1.29, 1.82) is 0 Å². The first-order chi connectivity index (χ1) is 10.4. The summed E-state index contributed by atoms with van der Waals surface area (Å²) in [5.41, 5.74) is 0. The van der Waals surface area contributed by atoms with Crippen LogP contribution in [0.4, 0.5) is 0 Å². The molecule has 1 aliphatic rings. The van der Waals surface area contributed by atoms with Crippen molar-refractivity contribution < 1.29 is 29.6 Å². The van der Waals surface area contributed by atoms with Crippen molar-refractivity contribution in [2.45, 2.75) is 37.6 Å². The Bertz CT molecular complexity index is 528. The number of benzene rings is 1. The van der Waals surface area contributed by atoms with Gasteiger partial charge in [-0.05, 0) is 12.1 Å². The molecule has 0 saturated carbocycles. The van der Waals surface area contributed by atoms with Gasteiger partial charge in [-0.3, -0.25) is 4.79 Å². The van der Waals surface area contributed by atoms with E-state index in [9.17, 15) is 20.1 Å². The van der Waals surface area contributed by atoms with Crippen molar-refractivity contribution in [3.63, 3.8) is 0 Å². The van der Waals surface area contributed by atoms with E-state index in [-0.39, 0.29) is 0 Å². The Balaban J connectivity index is 2.23. The molecule has 0 spiro atoms. The maximum absolute atomic E-state index is 11.3. The maximum atomic E-state index is 11.3. The predicted molar refractivity (Wildman–Crippen MR) is 77.4 cm³/mol. The van der Waals surface area contributed by atoms with Gasteiger partial charge < -0.3 is 30.1 Å². The van der Waals surface area contributed by atoms with E-state index >= 15 is 0 Å². The number of hydrogen-bond acceptors (Lipinski definition) is 6. The fourth-order valence-electron chi connectivity index (χ4n) is 2.24. The number of amides is 1. The van der Waals surface area contributed by atoms with Crippen LogP contribution in [0.3, 0.4) is 0 Å². The van der Waals surface area contributed by atoms with Gasteiger partial charge >= 0.3 is 0 Å². The van der Waals surface area contributed by atoms with Crippen molar-refractivity contribution in [2.24, 2.45) is 0 Å². The standard InChI is InChI=1S/C14H18ClNO6/c1-7(18)16-11-13(20)12(19)10(6-17)22-14(11)21-9-5-3-2-4-8(9)15/h2-5,10-14,17,19-20H,6H2,1H3,(H,16,18)/t10-,11+,12+,13+,14+/m1/s1. The zero-order valence-electron chi connectivity index (χ0n) is 11.8. The summed E-state index contributed by atoms with van der Waals surface area (Å²) < 4.78 is 11.0. The van der Waals surface area contributed by atoms with Gasteiger partial charge in [-0.25, -0.2) is 0 Å². The van der Waals surface area contributed by atoms with Crippen molar-refractivity contribution in [1.82, 2.24) is 5.32 Å². The van der Waals surface area contributed by atoms with E-state index in [4.69, 9.17) is 21.1 Å². The highest BCUT2D eigenvalue weighted by molar-refractivity contribution is 6.32. The van der Waals surface area contributed by atoms with Crippen LogP contribution in [0.5, 0.6) is 5.75 Å². The van der Waals surface area contributed by atoms with E-state index in [1.54, 1.807) is 24.3 Å². The summed E-state index contributed by atoms with van der Waals surface area (Å²) >= 11 is 6.00. The highest BCUT2D eigenvalue weighted by Crippen LogP contribution is 2.28. The van der Waals surface area contributed by atoms with Gasteiger partial charge in [0.15, 0.2) is 0 Å². The lowest BCUT2D eigenvalue weighted by atomic mass is 9.97. The van der Waals surface area contributed by atoms with Crippen LogP contribution in [-0.4, -0.2) is 58.5 Å². The van der Waals surface area contributed by atoms with E-state index in [1.165, 1.54) is 6.92 Å². The van der Waals surface area contributed by atoms with Gasteiger partial charge in [-0.2, -0.15) is 0 Å². The van der Waals surface area contributed by atoms with Gasteiger partial charge in [-0.15, -0.1) is 0 Å². The van der Waals surface area contributed by atoms with Crippen LogP contribution in [0, 0.1) is 0 Å². The number of carbonyl (C=O) groups is 1. The monoisotopic (exact) mass is 331 g/mol. The third kappa shape index (κ3) is 3.68. The second-order valence-electron chi connectivity index (χ2n) is 4.98. The fraction of sp³-hybridized carbons (Fsp3) is 0.500. The number of rotatable bonds is 4. The van der Waals surface area contributed by atoms with Gasteiger partial charge in [-0.1, -0.05) is 23.7 Å². The molecule has 1 aliphatic heterocycles.